The van der Waals surface area contributed by atoms with Gasteiger partial charge in [-0.1, -0.05) is 60.3 Å². The van der Waals surface area contributed by atoms with Gasteiger partial charge in [0, 0.05) is 12.0 Å². The van der Waals surface area contributed by atoms with Crippen molar-refractivity contribution in [3.8, 4) is 11.4 Å². The standard InChI is InChI=1S/C25H20F3N3O2S/c1-33-21-12-5-9-18(14-21)22(32)16-34-24-30-29-23(13-17-7-3-2-4-8-17)31(24)20-11-6-10-19(15-20)25(26,27)28/h2-12,14-15H,13,16H2,1H3. The first-order valence-corrected chi connectivity index (χ1v) is 11.3. The van der Waals surface area contributed by atoms with E-state index >= 15 is 0 Å². The summed E-state index contributed by atoms with van der Waals surface area (Å²) >= 11 is 1.12. The van der Waals surface area contributed by atoms with Gasteiger partial charge < -0.3 is 4.74 Å². The predicted octanol–water partition coefficient (Wildman–Crippen LogP) is 5.86. The molecule has 0 fully saturated rings. The molecule has 9 heteroatoms. The quantitative estimate of drug-likeness (QED) is 0.232. The molecule has 0 saturated carbocycles. The van der Waals surface area contributed by atoms with Gasteiger partial charge in [-0.05, 0) is 35.9 Å². The van der Waals surface area contributed by atoms with Crippen molar-refractivity contribution in [3.63, 3.8) is 0 Å². The minimum absolute atomic E-state index is 0.0373. The number of aromatic nitrogens is 3. The van der Waals surface area contributed by atoms with E-state index in [4.69, 9.17) is 4.74 Å². The monoisotopic (exact) mass is 483 g/mol. The molecule has 0 spiro atoms. The van der Waals surface area contributed by atoms with Gasteiger partial charge in [-0.15, -0.1) is 10.2 Å². The first-order chi connectivity index (χ1) is 16.3. The van der Waals surface area contributed by atoms with Crippen molar-refractivity contribution in [2.24, 2.45) is 0 Å². The third-order valence-electron chi connectivity index (χ3n) is 5.06. The Morgan fingerprint density at radius 2 is 1.74 bits per heavy atom. The van der Waals surface area contributed by atoms with Gasteiger partial charge >= 0.3 is 6.18 Å². The molecule has 0 amide bonds. The highest BCUT2D eigenvalue weighted by atomic mass is 32.2. The van der Waals surface area contributed by atoms with Crippen molar-refractivity contribution >= 4 is 17.5 Å². The summed E-state index contributed by atoms with van der Waals surface area (Å²) in [5.41, 5.74) is 0.920. The van der Waals surface area contributed by atoms with E-state index in [2.05, 4.69) is 10.2 Å². The molecule has 0 bridgehead atoms. The highest BCUT2D eigenvalue weighted by molar-refractivity contribution is 7.99. The van der Waals surface area contributed by atoms with E-state index < -0.39 is 11.7 Å². The Hall–Kier alpha value is -3.59. The van der Waals surface area contributed by atoms with Crippen molar-refractivity contribution in [2.75, 3.05) is 12.9 Å². The number of nitrogens with zero attached hydrogens (tertiary/aromatic N) is 3. The van der Waals surface area contributed by atoms with Crippen molar-refractivity contribution in [2.45, 2.75) is 17.8 Å². The molecule has 0 aliphatic heterocycles. The molecule has 0 saturated heterocycles. The van der Waals surface area contributed by atoms with Gasteiger partial charge in [0.2, 0.25) is 0 Å². The number of benzene rings is 3. The first kappa shape index (κ1) is 23.6. The molecule has 0 atom stereocenters. The normalized spacial score (nSPS) is 11.4. The minimum atomic E-state index is -4.49. The SMILES string of the molecule is COc1cccc(C(=O)CSc2nnc(Cc3ccccc3)n2-c2cccc(C(F)(F)F)c2)c1. The van der Waals surface area contributed by atoms with E-state index in [9.17, 15) is 18.0 Å². The fourth-order valence-electron chi connectivity index (χ4n) is 3.38. The lowest BCUT2D eigenvalue weighted by molar-refractivity contribution is -0.137. The van der Waals surface area contributed by atoms with Gasteiger partial charge in [0.05, 0.1) is 24.1 Å². The summed E-state index contributed by atoms with van der Waals surface area (Å²) in [6.07, 6.45) is -4.12. The van der Waals surface area contributed by atoms with Crippen LogP contribution < -0.4 is 4.74 Å². The number of carbonyl (C=O) groups is 1. The third-order valence-corrected chi connectivity index (χ3v) is 5.99. The Morgan fingerprint density at radius 3 is 2.47 bits per heavy atom. The number of thioether (sulfide) groups is 1. The van der Waals surface area contributed by atoms with E-state index in [1.165, 1.54) is 13.2 Å². The molecule has 0 unspecified atom stereocenters. The van der Waals surface area contributed by atoms with Crippen molar-refractivity contribution in [1.29, 1.82) is 0 Å². The summed E-state index contributed by atoms with van der Waals surface area (Å²) in [5.74, 6) is 0.914. The Morgan fingerprint density at radius 1 is 0.971 bits per heavy atom. The summed E-state index contributed by atoms with van der Waals surface area (Å²) in [5, 5.41) is 8.77. The van der Waals surface area contributed by atoms with Gasteiger partial charge in [0.1, 0.15) is 11.6 Å². The van der Waals surface area contributed by atoms with Gasteiger partial charge in [-0.3, -0.25) is 9.36 Å². The summed E-state index contributed by atoms with van der Waals surface area (Å²) in [6, 6.07) is 21.2. The molecule has 0 aliphatic carbocycles. The Kier molecular flexibility index (Phi) is 7.02. The Balaban J connectivity index is 1.66. The fourth-order valence-corrected chi connectivity index (χ4v) is 4.24. The van der Waals surface area contributed by atoms with Crippen molar-refractivity contribution < 1.29 is 22.7 Å². The number of halogens is 3. The molecule has 0 aliphatic rings. The molecule has 3 aromatic carbocycles. The second kappa shape index (κ2) is 10.1. The van der Waals surface area contributed by atoms with E-state index in [0.717, 1.165) is 29.5 Å². The molecule has 4 aromatic rings. The number of ketones is 1. The lowest BCUT2D eigenvalue weighted by Crippen LogP contribution is -2.09. The molecule has 0 radical (unpaired) electrons. The highest BCUT2D eigenvalue weighted by Gasteiger charge is 2.31. The van der Waals surface area contributed by atoms with E-state index in [1.807, 2.05) is 30.3 Å². The smallest absolute Gasteiger partial charge is 0.416 e. The first-order valence-electron chi connectivity index (χ1n) is 10.3. The maximum absolute atomic E-state index is 13.4. The minimum Gasteiger partial charge on any atom is -0.497 e. The maximum atomic E-state index is 13.4. The van der Waals surface area contributed by atoms with Crippen molar-refractivity contribution in [3.05, 3.63) is 101 Å². The van der Waals surface area contributed by atoms with Crippen LogP contribution in [0.2, 0.25) is 0 Å². The molecular weight excluding hydrogens is 463 g/mol. The van der Waals surface area contributed by atoms with Crippen LogP contribution in [0.4, 0.5) is 13.2 Å². The zero-order valence-electron chi connectivity index (χ0n) is 18.1. The number of methoxy groups -OCH3 is 1. The van der Waals surface area contributed by atoms with Crippen LogP contribution in [0.5, 0.6) is 5.75 Å². The fraction of sp³-hybridized carbons (Fsp3) is 0.160. The number of ether oxygens (including phenoxy) is 1. The lowest BCUT2D eigenvalue weighted by Gasteiger charge is -2.13. The number of alkyl halides is 3. The van der Waals surface area contributed by atoms with Crippen LogP contribution in [0, 0.1) is 0 Å². The van der Waals surface area contributed by atoms with Crippen LogP contribution in [0.25, 0.3) is 5.69 Å². The summed E-state index contributed by atoms with van der Waals surface area (Å²) < 4.78 is 46.8. The molecule has 5 nitrogen and oxygen atoms in total. The number of Topliss-reactive ketones (excluding diaryl/α,β-unsaturated/α-hetero) is 1. The molecule has 174 valence electrons. The number of carbonyl (C=O) groups excluding carboxylic acids is 1. The van der Waals surface area contributed by atoms with E-state index in [1.54, 1.807) is 34.9 Å². The molecule has 0 N–H and O–H groups in total. The van der Waals surface area contributed by atoms with Gasteiger partial charge in [-0.25, -0.2) is 0 Å². The van der Waals surface area contributed by atoms with Gasteiger partial charge in [0.15, 0.2) is 10.9 Å². The molecular formula is C25H20F3N3O2S. The summed E-state index contributed by atoms with van der Waals surface area (Å²) in [6.45, 7) is 0. The maximum Gasteiger partial charge on any atom is 0.416 e. The van der Waals surface area contributed by atoms with Crippen LogP contribution in [-0.4, -0.2) is 33.4 Å². The van der Waals surface area contributed by atoms with Crippen LogP contribution in [-0.2, 0) is 12.6 Å². The molecule has 34 heavy (non-hydrogen) atoms. The number of rotatable bonds is 8. The largest absolute Gasteiger partial charge is 0.497 e. The van der Waals surface area contributed by atoms with Crippen molar-refractivity contribution in [1.82, 2.24) is 14.8 Å². The average Bonchev–Trinajstić information content (AvgIpc) is 3.25. The zero-order chi connectivity index (χ0) is 24.1. The van der Waals surface area contributed by atoms with Crippen LogP contribution >= 0.6 is 11.8 Å². The van der Waals surface area contributed by atoms with Crippen LogP contribution in [0.3, 0.4) is 0 Å². The molecule has 1 aromatic heterocycles. The second-order valence-corrected chi connectivity index (χ2v) is 8.33. The predicted molar refractivity (Wildman–Crippen MR) is 124 cm³/mol. The topological polar surface area (TPSA) is 57.0 Å². The molecule has 1 heterocycles. The van der Waals surface area contributed by atoms with E-state index in [-0.39, 0.29) is 17.2 Å². The average molecular weight is 484 g/mol. The second-order valence-electron chi connectivity index (χ2n) is 7.39. The van der Waals surface area contributed by atoms with Gasteiger partial charge in [0.25, 0.3) is 0 Å². The number of hydrogen-bond donors (Lipinski definition) is 0. The van der Waals surface area contributed by atoms with Crippen LogP contribution in [0.1, 0.15) is 27.3 Å². The Labute approximate surface area is 198 Å². The van der Waals surface area contributed by atoms with Gasteiger partial charge in [-0.2, -0.15) is 13.2 Å². The zero-order valence-corrected chi connectivity index (χ0v) is 18.9. The summed E-state index contributed by atoms with van der Waals surface area (Å²) in [4.78, 5) is 12.7. The lowest BCUT2D eigenvalue weighted by atomic mass is 10.1. The Bertz CT molecular complexity index is 1290. The van der Waals surface area contributed by atoms with E-state index in [0.29, 0.717) is 28.7 Å². The van der Waals surface area contributed by atoms with Crippen LogP contribution in [0.15, 0.2) is 84.0 Å². The highest BCUT2D eigenvalue weighted by Crippen LogP contribution is 2.32. The third kappa shape index (κ3) is 5.48. The molecule has 4 rings (SSSR count). The summed E-state index contributed by atoms with van der Waals surface area (Å²) in [7, 11) is 1.52. The number of hydrogen-bond acceptors (Lipinski definition) is 5.